The van der Waals surface area contributed by atoms with Crippen molar-refractivity contribution in [3.8, 4) is 6.07 Å². The summed E-state index contributed by atoms with van der Waals surface area (Å²) in [6.45, 7) is 0.339. The maximum atomic E-state index is 12.9. The SMILES string of the molecule is CC1(C(=O)Nc2ccc(C#N)c(C(F)(F)F)c2)COC(C(F)(F)F)=N1. The van der Waals surface area contributed by atoms with Crippen LogP contribution in [0.15, 0.2) is 23.2 Å². The third-order valence-corrected chi connectivity index (χ3v) is 3.27. The molecule has 0 aliphatic carbocycles. The van der Waals surface area contributed by atoms with E-state index < -0.39 is 47.4 Å². The Balaban J connectivity index is 2.28. The summed E-state index contributed by atoms with van der Waals surface area (Å²) in [6.07, 6.45) is -9.72. The van der Waals surface area contributed by atoms with Crippen LogP contribution in [0.2, 0.25) is 0 Å². The first kappa shape index (κ1) is 18.6. The van der Waals surface area contributed by atoms with Crippen LogP contribution in [0.5, 0.6) is 0 Å². The average Bonchev–Trinajstić information content (AvgIpc) is 2.90. The molecule has 25 heavy (non-hydrogen) atoms. The fourth-order valence-electron chi connectivity index (χ4n) is 1.98. The summed E-state index contributed by atoms with van der Waals surface area (Å²) in [4.78, 5) is 15.3. The highest BCUT2D eigenvalue weighted by Crippen LogP contribution is 2.34. The molecule has 1 amide bonds. The van der Waals surface area contributed by atoms with Gasteiger partial charge in [-0.15, -0.1) is 0 Å². The van der Waals surface area contributed by atoms with Crippen molar-refractivity contribution in [1.29, 1.82) is 5.26 Å². The number of hydrogen-bond donors (Lipinski definition) is 1. The van der Waals surface area contributed by atoms with Gasteiger partial charge in [0.05, 0.1) is 17.2 Å². The van der Waals surface area contributed by atoms with Crippen molar-refractivity contribution >= 4 is 17.5 Å². The fourth-order valence-corrected chi connectivity index (χ4v) is 1.98. The number of benzene rings is 1. The highest BCUT2D eigenvalue weighted by molar-refractivity contribution is 6.01. The predicted molar refractivity (Wildman–Crippen MR) is 72.6 cm³/mol. The van der Waals surface area contributed by atoms with Crippen LogP contribution < -0.4 is 5.32 Å². The lowest BCUT2D eigenvalue weighted by Crippen LogP contribution is -2.39. The van der Waals surface area contributed by atoms with Gasteiger partial charge in [0.25, 0.3) is 11.8 Å². The molecule has 1 aliphatic heterocycles. The van der Waals surface area contributed by atoms with Crippen LogP contribution in [0, 0.1) is 11.3 Å². The Labute approximate surface area is 136 Å². The fraction of sp³-hybridized carbons (Fsp3) is 0.357. The van der Waals surface area contributed by atoms with E-state index in [9.17, 15) is 31.1 Å². The molecule has 1 aromatic rings. The van der Waals surface area contributed by atoms with E-state index in [1.54, 1.807) is 0 Å². The first-order valence-corrected chi connectivity index (χ1v) is 6.59. The summed E-state index contributed by atoms with van der Waals surface area (Å²) in [5.74, 6) is -2.66. The number of anilines is 1. The maximum absolute atomic E-state index is 12.9. The second-order valence-corrected chi connectivity index (χ2v) is 5.30. The molecule has 0 aromatic heterocycles. The van der Waals surface area contributed by atoms with Gasteiger partial charge >= 0.3 is 12.4 Å². The molecule has 5 nitrogen and oxygen atoms in total. The lowest BCUT2D eigenvalue weighted by molar-refractivity contribution is -0.137. The van der Waals surface area contributed by atoms with Crippen LogP contribution >= 0.6 is 0 Å². The van der Waals surface area contributed by atoms with Crippen molar-refractivity contribution in [3.63, 3.8) is 0 Å². The zero-order valence-electron chi connectivity index (χ0n) is 12.4. The van der Waals surface area contributed by atoms with E-state index >= 15 is 0 Å². The van der Waals surface area contributed by atoms with Crippen LogP contribution in [0.4, 0.5) is 32.0 Å². The highest BCUT2D eigenvalue weighted by atomic mass is 19.4. The third-order valence-electron chi connectivity index (χ3n) is 3.27. The highest BCUT2D eigenvalue weighted by Gasteiger charge is 2.49. The molecule has 0 saturated carbocycles. The normalized spacial score (nSPS) is 20.5. The van der Waals surface area contributed by atoms with Gasteiger partial charge in [-0.3, -0.25) is 4.79 Å². The van der Waals surface area contributed by atoms with Crippen LogP contribution in [-0.4, -0.2) is 30.1 Å². The number of aliphatic imine (C=N–C) groups is 1. The van der Waals surface area contributed by atoms with E-state index in [0.29, 0.717) is 6.07 Å². The summed E-state index contributed by atoms with van der Waals surface area (Å²) in [5.41, 5.74) is -4.22. The average molecular weight is 365 g/mol. The van der Waals surface area contributed by atoms with Gasteiger partial charge in [0.15, 0.2) is 5.54 Å². The molecular weight excluding hydrogens is 356 g/mol. The number of hydrogen-bond acceptors (Lipinski definition) is 4. The van der Waals surface area contributed by atoms with Gasteiger partial charge in [0.1, 0.15) is 6.61 Å². The van der Waals surface area contributed by atoms with E-state index in [-0.39, 0.29) is 5.69 Å². The van der Waals surface area contributed by atoms with Gasteiger partial charge in [0, 0.05) is 5.69 Å². The van der Waals surface area contributed by atoms with E-state index in [1.807, 2.05) is 0 Å². The zero-order chi connectivity index (χ0) is 19.0. The molecule has 1 N–H and O–H groups in total. The zero-order valence-corrected chi connectivity index (χ0v) is 12.4. The van der Waals surface area contributed by atoms with Gasteiger partial charge in [-0.25, -0.2) is 4.99 Å². The molecule has 1 aliphatic rings. The minimum Gasteiger partial charge on any atom is -0.471 e. The smallest absolute Gasteiger partial charge is 0.468 e. The molecule has 0 radical (unpaired) electrons. The molecule has 0 spiro atoms. The van der Waals surface area contributed by atoms with Gasteiger partial charge in [-0.1, -0.05) is 0 Å². The number of carbonyl (C=O) groups excluding carboxylic acids is 1. The second kappa shape index (κ2) is 5.94. The van der Waals surface area contributed by atoms with E-state index in [2.05, 4.69) is 15.0 Å². The summed E-state index contributed by atoms with van der Waals surface area (Å²) in [6, 6.07) is 3.76. The number of nitrogens with one attached hydrogen (secondary N) is 1. The number of ether oxygens (including phenoxy) is 1. The Kier molecular flexibility index (Phi) is 4.42. The summed E-state index contributed by atoms with van der Waals surface area (Å²) in [7, 11) is 0. The van der Waals surface area contributed by atoms with Crippen LogP contribution in [0.3, 0.4) is 0 Å². The predicted octanol–water partition coefficient (Wildman–Crippen LogP) is 3.27. The number of amides is 1. The van der Waals surface area contributed by atoms with E-state index in [0.717, 1.165) is 19.1 Å². The van der Waals surface area contributed by atoms with Crippen molar-refractivity contribution in [3.05, 3.63) is 29.3 Å². The Morgan fingerprint density at radius 2 is 1.92 bits per heavy atom. The number of nitrogens with zero attached hydrogens (tertiary/aromatic N) is 2. The van der Waals surface area contributed by atoms with E-state index in [4.69, 9.17) is 5.26 Å². The van der Waals surface area contributed by atoms with Gasteiger partial charge < -0.3 is 10.1 Å². The lowest BCUT2D eigenvalue weighted by atomic mass is 10.0. The van der Waals surface area contributed by atoms with Crippen molar-refractivity contribution in [2.24, 2.45) is 4.99 Å². The standard InChI is InChI=1S/C14H9F6N3O2/c1-12(6-25-11(23-12)14(18,19)20)10(24)22-8-3-2-7(5-21)9(4-8)13(15,16)17/h2-4H,6H2,1H3,(H,22,24). The van der Waals surface area contributed by atoms with Crippen LogP contribution in [-0.2, 0) is 15.7 Å². The number of halogens is 6. The molecule has 0 saturated heterocycles. The monoisotopic (exact) mass is 365 g/mol. The summed E-state index contributed by atoms with van der Waals surface area (Å²) in [5, 5.41) is 10.8. The minimum atomic E-state index is -4.88. The van der Waals surface area contributed by atoms with Gasteiger partial charge in [-0.2, -0.15) is 31.6 Å². The Hall–Kier alpha value is -2.77. The molecule has 0 fully saturated rings. The van der Waals surface area contributed by atoms with Gasteiger partial charge in [-0.05, 0) is 25.1 Å². The summed E-state index contributed by atoms with van der Waals surface area (Å²) >= 11 is 0. The molecule has 1 heterocycles. The lowest BCUT2D eigenvalue weighted by Gasteiger charge is -2.18. The molecule has 134 valence electrons. The minimum absolute atomic E-state index is 0.340. The third kappa shape index (κ3) is 3.84. The molecule has 11 heteroatoms. The van der Waals surface area contributed by atoms with Gasteiger partial charge in [0.2, 0.25) is 0 Å². The number of nitriles is 1. The number of carbonyl (C=O) groups is 1. The van der Waals surface area contributed by atoms with Crippen molar-refractivity contribution in [1.82, 2.24) is 0 Å². The number of rotatable bonds is 2. The first-order valence-electron chi connectivity index (χ1n) is 6.59. The van der Waals surface area contributed by atoms with Crippen molar-refractivity contribution in [2.75, 3.05) is 11.9 Å². The first-order chi connectivity index (χ1) is 11.4. The van der Waals surface area contributed by atoms with Crippen molar-refractivity contribution in [2.45, 2.75) is 24.8 Å². The number of alkyl halides is 6. The summed E-state index contributed by atoms with van der Waals surface area (Å²) < 4.78 is 80.5. The Morgan fingerprint density at radius 1 is 1.28 bits per heavy atom. The Morgan fingerprint density at radius 3 is 2.40 bits per heavy atom. The molecular formula is C14H9F6N3O2. The molecule has 2 rings (SSSR count). The second-order valence-electron chi connectivity index (χ2n) is 5.30. The maximum Gasteiger partial charge on any atom is 0.468 e. The van der Waals surface area contributed by atoms with E-state index in [1.165, 1.54) is 6.07 Å². The van der Waals surface area contributed by atoms with Crippen LogP contribution in [0.1, 0.15) is 18.1 Å². The Bertz CT molecular complexity index is 778. The van der Waals surface area contributed by atoms with Crippen LogP contribution in [0.25, 0.3) is 0 Å². The van der Waals surface area contributed by atoms with Crippen molar-refractivity contribution < 1.29 is 35.9 Å². The molecule has 1 aromatic carbocycles. The molecule has 1 unspecified atom stereocenters. The largest absolute Gasteiger partial charge is 0.471 e. The molecule has 1 atom stereocenters. The topological polar surface area (TPSA) is 74.5 Å². The quantitative estimate of drug-likeness (QED) is 0.818. The molecule has 0 bridgehead atoms.